The molecule has 0 bridgehead atoms. The van der Waals surface area contributed by atoms with E-state index in [1.54, 1.807) is 24.3 Å². The van der Waals surface area contributed by atoms with Gasteiger partial charge in [-0.3, -0.25) is 0 Å². The summed E-state index contributed by atoms with van der Waals surface area (Å²) in [5.41, 5.74) is -0.937. The Morgan fingerprint density at radius 2 is 1.81 bits per heavy atom. The lowest BCUT2D eigenvalue weighted by Gasteiger charge is -2.18. The number of hydrogen-bond donors (Lipinski definition) is 1. The first kappa shape index (κ1) is 15.8. The second kappa shape index (κ2) is 6.03. The van der Waals surface area contributed by atoms with Gasteiger partial charge in [0.05, 0.1) is 11.7 Å². The summed E-state index contributed by atoms with van der Waals surface area (Å²) in [5.74, 6) is -0.999. The van der Waals surface area contributed by atoms with Gasteiger partial charge in [0.15, 0.2) is 0 Å². The van der Waals surface area contributed by atoms with E-state index in [4.69, 9.17) is 11.6 Å². The van der Waals surface area contributed by atoms with Gasteiger partial charge in [0.1, 0.15) is 5.82 Å². The van der Waals surface area contributed by atoms with E-state index in [0.717, 1.165) is 12.1 Å². The highest BCUT2D eigenvalue weighted by Crippen LogP contribution is 2.36. The number of rotatable bonds is 3. The summed E-state index contributed by atoms with van der Waals surface area (Å²) in [5, 5.41) is 10.5. The third-order valence-corrected chi connectivity index (χ3v) is 3.23. The zero-order chi connectivity index (χ0) is 15.6. The van der Waals surface area contributed by atoms with Crippen molar-refractivity contribution >= 4 is 11.6 Å². The minimum absolute atomic E-state index is 0.0464. The van der Waals surface area contributed by atoms with Gasteiger partial charge < -0.3 is 5.11 Å². The lowest BCUT2D eigenvalue weighted by molar-refractivity contribution is -0.139. The minimum atomic E-state index is -4.73. The highest BCUT2D eigenvalue weighted by molar-refractivity contribution is 6.30. The molecule has 2 aromatic carbocycles. The van der Waals surface area contributed by atoms with Crippen LogP contribution in [0.25, 0.3) is 0 Å². The number of aliphatic hydroxyl groups is 1. The van der Waals surface area contributed by atoms with Gasteiger partial charge in [-0.05, 0) is 35.4 Å². The van der Waals surface area contributed by atoms with E-state index in [1.807, 2.05) is 0 Å². The van der Waals surface area contributed by atoms with Crippen molar-refractivity contribution in [2.75, 3.05) is 0 Å². The fourth-order valence-electron chi connectivity index (χ4n) is 2.06. The first-order chi connectivity index (χ1) is 9.77. The van der Waals surface area contributed by atoms with Gasteiger partial charge in [0.25, 0.3) is 0 Å². The molecule has 0 aliphatic carbocycles. The van der Waals surface area contributed by atoms with Gasteiger partial charge in [0.2, 0.25) is 0 Å². The van der Waals surface area contributed by atoms with Crippen molar-refractivity contribution in [3.63, 3.8) is 0 Å². The first-order valence-electron chi connectivity index (χ1n) is 6.06. The molecule has 0 saturated heterocycles. The van der Waals surface area contributed by atoms with E-state index in [-0.39, 0.29) is 12.0 Å². The average molecular weight is 319 g/mol. The van der Waals surface area contributed by atoms with Crippen molar-refractivity contribution in [2.45, 2.75) is 18.7 Å². The molecule has 21 heavy (non-hydrogen) atoms. The Balaban J connectivity index is 2.33. The van der Waals surface area contributed by atoms with Gasteiger partial charge >= 0.3 is 6.18 Å². The molecule has 2 rings (SSSR count). The van der Waals surface area contributed by atoms with Crippen molar-refractivity contribution in [2.24, 2.45) is 0 Å². The number of benzene rings is 2. The van der Waals surface area contributed by atoms with Crippen LogP contribution in [-0.2, 0) is 12.6 Å². The van der Waals surface area contributed by atoms with Crippen LogP contribution in [0.4, 0.5) is 17.6 Å². The van der Waals surface area contributed by atoms with Crippen molar-refractivity contribution < 1.29 is 22.7 Å². The van der Waals surface area contributed by atoms with Crippen molar-refractivity contribution in [1.82, 2.24) is 0 Å². The molecule has 0 amide bonds. The Bertz CT molecular complexity index is 640. The molecular weight excluding hydrogens is 308 g/mol. The largest absolute Gasteiger partial charge is 0.416 e. The fourth-order valence-corrected chi connectivity index (χ4v) is 2.27. The SMILES string of the molecule is OC(Cc1cccc(Cl)c1)c1ccc(F)cc1C(F)(F)F. The average Bonchev–Trinajstić information content (AvgIpc) is 2.37. The van der Waals surface area contributed by atoms with Crippen molar-refractivity contribution in [3.05, 3.63) is 70.0 Å². The molecule has 1 N–H and O–H groups in total. The van der Waals surface area contributed by atoms with E-state index in [0.29, 0.717) is 16.7 Å². The predicted octanol–water partition coefficient (Wildman–Crippen LogP) is 4.77. The molecule has 0 aliphatic heterocycles. The molecular formula is C15H11ClF4O. The standard InChI is InChI=1S/C15H11ClF4O/c16-10-3-1-2-9(6-10)7-14(21)12-5-4-11(17)8-13(12)15(18,19)20/h1-6,8,14,21H,7H2. The summed E-state index contributed by atoms with van der Waals surface area (Å²) >= 11 is 5.79. The Kier molecular flexibility index (Phi) is 4.54. The Hall–Kier alpha value is -1.59. The summed E-state index contributed by atoms with van der Waals surface area (Å²) in [4.78, 5) is 0. The smallest absolute Gasteiger partial charge is 0.388 e. The highest BCUT2D eigenvalue weighted by Gasteiger charge is 2.35. The summed E-state index contributed by atoms with van der Waals surface area (Å²) < 4.78 is 51.7. The van der Waals surface area contributed by atoms with Crippen LogP contribution in [0.15, 0.2) is 42.5 Å². The van der Waals surface area contributed by atoms with E-state index in [1.165, 1.54) is 0 Å². The van der Waals surface area contributed by atoms with Gasteiger partial charge in [0, 0.05) is 11.4 Å². The topological polar surface area (TPSA) is 20.2 Å². The Labute approximate surface area is 123 Å². The lowest BCUT2D eigenvalue weighted by Crippen LogP contribution is -2.14. The monoisotopic (exact) mass is 318 g/mol. The predicted molar refractivity (Wildman–Crippen MR) is 71.5 cm³/mol. The highest BCUT2D eigenvalue weighted by atomic mass is 35.5. The zero-order valence-electron chi connectivity index (χ0n) is 10.7. The minimum Gasteiger partial charge on any atom is -0.388 e. The molecule has 0 spiro atoms. The lowest BCUT2D eigenvalue weighted by atomic mass is 9.96. The first-order valence-corrected chi connectivity index (χ1v) is 6.44. The Morgan fingerprint density at radius 1 is 1.10 bits per heavy atom. The van der Waals surface area contributed by atoms with E-state index < -0.39 is 23.7 Å². The van der Waals surface area contributed by atoms with E-state index in [2.05, 4.69) is 0 Å². The van der Waals surface area contributed by atoms with Crippen LogP contribution in [0.5, 0.6) is 0 Å². The Morgan fingerprint density at radius 3 is 2.43 bits per heavy atom. The molecule has 0 saturated carbocycles. The number of aliphatic hydroxyl groups excluding tert-OH is 1. The van der Waals surface area contributed by atoms with Gasteiger partial charge in [-0.2, -0.15) is 13.2 Å². The quantitative estimate of drug-likeness (QED) is 0.808. The van der Waals surface area contributed by atoms with Crippen molar-refractivity contribution in [1.29, 1.82) is 0 Å². The maximum Gasteiger partial charge on any atom is 0.416 e. The summed E-state index contributed by atoms with van der Waals surface area (Å²) in [7, 11) is 0. The third kappa shape index (κ3) is 3.95. The number of hydrogen-bond acceptors (Lipinski definition) is 1. The van der Waals surface area contributed by atoms with E-state index in [9.17, 15) is 22.7 Å². The molecule has 1 atom stereocenters. The second-order valence-electron chi connectivity index (χ2n) is 4.58. The zero-order valence-corrected chi connectivity index (χ0v) is 11.4. The molecule has 1 unspecified atom stereocenters. The molecule has 0 heterocycles. The molecule has 1 nitrogen and oxygen atoms in total. The van der Waals surface area contributed by atoms with Gasteiger partial charge in [-0.25, -0.2) is 4.39 Å². The molecule has 6 heteroatoms. The summed E-state index contributed by atoms with van der Waals surface area (Å²) in [6.45, 7) is 0. The molecule has 0 aliphatic rings. The number of alkyl halides is 3. The third-order valence-electron chi connectivity index (χ3n) is 3.00. The van der Waals surface area contributed by atoms with Crippen LogP contribution in [0, 0.1) is 5.82 Å². The second-order valence-corrected chi connectivity index (χ2v) is 5.02. The fraction of sp³-hybridized carbons (Fsp3) is 0.200. The van der Waals surface area contributed by atoms with Crippen LogP contribution >= 0.6 is 11.6 Å². The molecule has 0 radical (unpaired) electrons. The van der Waals surface area contributed by atoms with Crippen LogP contribution in [0.1, 0.15) is 22.8 Å². The van der Waals surface area contributed by atoms with Crippen LogP contribution in [0.2, 0.25) is 5.02 Å². The van der Waals surface area contributed by atoms with Crippen LogP contribution in [0.3, 0.4) is 0 Å². The van der Waals surface area contributed by atoms with Crippen LogP contribution in [-0.4, -0.2) is 5.11 Å². The van der Waals surface area contributed by atoms with Crippen molar-refractivity contribution in [3.8, 4) is 0 Å². The maximum atomic E-state index is 13.0. The van der Waals surface area contributed by atoms with Crippen LogP contribution < -0.4 is 0 Å². The molecule has 112 valence electrons. The molecule has 0 fully saturated rings. The maximum absolute atomic E-state index is 13.0. The summed E-state index contributed by atoms with van der Waals surface area (Å²) in [6, 6.07) is 8.69. The number of halogens is 5. The van der Waals surface area contributed by atoms with Gasteiger partial charge in [-0.15, -0.1) is 0 Å². The molecule has 0 aromatic heterocycles. The summed E-state index contributed by atoms with van der Waals surface area (Å²) in [6.07, 6.45) is -6.18. The normalized spacial score (nSPS) is 13.2. The van der Waals surface area contributed by atoms with E-state index >= 15 is 0 Å². The molecule has 2 aromatic rings. The van der Waals surface area contributed by atoms with Gasteiger partial charge in [-0.1, -0.05) is 29.8 Å².